The maximum Gasteiger partial charge on any atom is 0.266 e. The molecular formula is C28H28N2O2. The Kier molecular flexibility index (Phi) is 7.46. The number of amides is 1. The smallest absolute Gasteiger partial charge is 0.266 e. The van der Waals surface area contributed by atoms with Crippen molar-refractivity contribution >= 4 is 17.7 Å². The van der Waals surface area contributed by atoms with Gasteiger partial charge in [-0.25, -0.2) is 0 Å². The maximum atomic E-state index is 12.6. The lowest BCUT2D eigenvalue weighted by atomic mass is 9.98. The summed E-state index contributed by atoms with van der Waals surface area (Å²) in [6.07, 6.45) is 2.34. The highest BCUT2D eigenvalue weighted by atomic mass is 16.5. The minimum Gasteiger partial charge on any atom is -0.494 e. The molecular weight excluding hydrogens is 396 g/mol. The van der Waals surface area contributed by atoms with E-state index in [0.29, 0.717) is 12.3 Å². The van der Waals surface area contributed by atoms with Crippen molar-refractivity contribution in [3.05, 3.63) is 99.6 Å². The number of aryl methyl sites for hydroxylation is 3. The highest BCUT2D eigenvalue weighted by molar-refractivity contribution is 6.09. The van der Waals surface area contributed by atoms with Gasteiger partial charge in [-0.15, -0.1) is 0 Å². The summed E-state index contributed by atoms with van der Waals surface area (Å²) in [5, 5.41) is 12.3. The fourth-order valence-corrected chi connectivity index (χ4v) is 3.72. The molecule has 0 spiro atoms. The molecule has 162 valence electrons. The van der Waals surface area contributed by atoms with Crippen LogP contribution in [-0.4, -0.2) is 12.5 Å². The average Bonchev–Trinajstić information content (AvgIpc) is 2.73. The molecule has 1 amide bonds. The Hall–Kier alpha value is -3.84. The number of carbonyl (C=O) groups excluding carboxylic acids is 1. The SMILES string of the molecule is CCOc1cc(/C=C(\C#N)C(=O)Nc2cccc(C)c2)ccc1Cc1cc(C)cc(C)c1. The Morgan fingerprint density at radius 2 is 1.75 bits per heavy atom. The van der Waals surface area contributed by atoms with E-state index in [0.717, 1.165) is 28.9 Å². The number of carbonyl (C=O) groups is 1. The third-order valence-electron chi connectivity index (χ3n) is 5.02. The summed E-state index contributed by atoms with van der Waals surface area (Å²) in [4.78, 5) is 12.6. The van der Waals surface area contributed by atoms with Crippen molar-refractivity contribution in [1.29, 1.82) is 5.26 Å². The lowest BCUT2D eigenvalue weighted by Gasteiger charge is -2.13. The van der Waals surface area contributed by atoms with Crippen molar-refractivity contribution in [2.45, 2.75) is 34.1 Å². The van der Waals surface area contributed by atoms with Crippen LogP contribution < -0.4 is 10.1 Å². The molecule has 0 saturated carbocycles. The van der Waals surface area contributed by atoms with Crippen molar-refractivity contribution in [3.63, 3.8) is 0 Å². The van der Waals surface area contributed by atoms with Gasteiger partial charge in [-0.2, -0.15) is 5.26 Å². The van der Waals surface area contributed by atoms with E-state index in [1.807, 2.05) is 56.3 Å². The number of nitriles is 1. The summed E-state index contributed by atoms with van der Waals surface area (Å²) in [5.74, 6) is 0.326. The maximum absolute atomic E-state index is 12.6. The Morgan fingerprint density at radius 1 is 1.00 bits per heavy atom. The molecule has 0 heterocycles. The standard InChI is InChI=1S/C28H28N2O2/c1-5-32-27-17-22(9-10-24(27)16-23-12-20(3)11-21(4)13-23)15-25(18-29)28(31)30-26-8-6-7-19(2)14-26/h6-15,17H,5,16H2,1-4H3,(H,30,31)/b25-15+. The first-order valence-electron chi connectivity index (χ1n) is 10.7. The van der Waals surface area contributed by atoms with Gasteiger partial charge in [0.15, 0.2) is 0 Å². The van der Waals surface area contributed by atoms with E-state index >= 15 is 0 Å². The second kappa shape index (κ2) is 10.5. The highest BCUT2D eigenvalue weighted by Gasteiger charge is 2.12. The van der Waals surface area contributed by atoms with Gasteiger partial charge < -0.3 is 10.1 Å². The molecule has 1 N–H and O–H groups in total. The number of benzene rings is 3. The van der Waals surface area contributed by atoms with E-state index in [1.54, 1.807) is 12.1 Å². The minimum absolute atomic E-state index is 0.0380. The number of rotatable bonds is 7. The molecule has 0 aromatic heterocycles. The third kappa shape index (κ3) is 6.09. The van der Waals surface area contributed by atoms with Gasteiger partial charge in [-0.1, -0.05) is 53.6 Å². The third-order valence-corrected chi connectivity index (χ3v) is 5.02. The number of nitrogens with zero attached hydrogens (tertiary/aromatic N) is 1. The van der Waals surface area contributed by atoms with Gasteiger partial charge in [-0.3, -0.25) is 4.79 Å². The van der Waals surface area contributed by atoms with Crippen LogP contribution in [0.1, 0.15) is 40.3 Å². The lowest BCUT2D eigenvalue weighted by molar-refractivity contribution is -0.112. The Labute approximate surface area is 190 Å². The zero-order valence-electron chi connectivity index (χ0n) is 19.0. The minimum atomic E-state index is -0.435. The second-order valence-corrected chi connectivity index (χ2v) is 7.97. The predicted molar refractivity (Wildman–Crippen MR) is 130 cm³/mol. The van der Waals surface area contributed by atoms with Crippen LogP contribution in [0, 0.1) is 32.1 Å². The first-order chi connectivity index (χ1) is 15.4. The van der Waals surface area contributed by atoms with Crippen LogP contribution in [0.4, 0.5) is 5.69 Å². The Morgan fingerprint density at radius 3 is 2.41 bits per heavy atom. The van der Waals surface area contributed by atoms with Gasteiger partial charge in [0.2, 0.25) is 0 Å². The monoisotopic (exact) mass is 424 g/mol. The number of nitrogens with one attached hydrogen (secondary N) is 1. The number of hydrogen-bond acceptors (Lipinski definition) is 3. The van der Waals surface area contributed by atoms with Crippen LogP contribution in [0.25, 0.3) is 6.08 Å². The average molecular weight is 425 g/mol. The molecule has 0 saturated heterocycles. The highest BCUT2D eigenvalue weighted by Crippen LogP contribution is 2.26. The van der Waals surface area contributed by atoms with Gasteiger partial charge in [0.1, 0.15) is 17.4 Å². The van der Waals surface area contributed by atoms with E-state index in [-0.39, 0.29) is 5.57 Å². The molecule has 0 aliphatic rings. The molecule has 0 bridgehead atoms. The van der Waals surface area contributed by atoms with Gasteiger partial charge in [0.05, 0.1) is 6.61 Å². The topological polar surface area (TPSA) is 62.1 Å². The summed E-state index contributed by atoms with van der Waals surface area (Å²) >= 11 is 0. The van der Waals surface area contributed by atoms with Crippen LogP contribution in [0.15, 0.2) is 66.2 Å². The van der Waals surface area contributed by atoms with E-state index in [1.165, 1.54) is 16.7 Å². The number of anilines is 1. The first-order valence-corrected chi connectivity index (χ1v) is 10.7. The Balaban J connectivity index is 1.86. The second-order valence-electron chi connectivity index (χ2n) is 7.97. The van der Waals surface area contributed by atoms with E-state index in [2.05, 4.69) is 37.4 Å². The van der Waals surface area contributed by atoms with E-state index < -0.39 is 5.91 Å². The molecule has 3 aromatic rings. The molecule has 0 aliphatic carbocycles. The van der Waals surface area contributed by atoms with Gasteiger partial charge in [0, 0.05) is 12.1 Å². The van der Waals surface area contributed by atoms with Gasteiger partial charge >= 0.3 is 0 Å². The van der Waals surface area contributed by atoms with Crippen LogP contribution in [0.5, 0.6) is 5.75 Å². The molecule has 3 aromatic carbocycles. The summed E-state index contributed by atoms with van der Waals surface area (Å²) in [6.45, 7) is 8.62. The fourth-order valence-electron chi connectivity index (χ4n) is 3.72. The first kappa shape index (κ1) is 22.8. The lowest BCUT2D eigenvalue weighted by Crippen LogP contribution is -2.13. The van der Waals surface area contributed by atoms with Crippen LogP contribution in [0.2, 0.25) is 0 Å². The molecule has 0 unspecified atom stereocenters. The number of hydrogen-bond donors (Lipinski definition) is 1. The fraction of sp³-hybridized carbons (Fsp3) is 0.214. The van der Waals surface area contributed by atoms with Crippen LogP contribution >= 0.6 is 0 Å². The van der Waals surface area contributed by atoms with E-state index in [4.69, 9.17) is 4.74 Å². The molecule has 4 heteroatoms. The Bertz CT molecular complexity index is 1180. The normalized spacial score (nSPS) is 11.0. The van der Waals surface area contributed by atoms with Gasteiger partial charge in [-0.05, 0) is 74.2 Å². The zero-order valence-corrected chi connectivity index (χ0v) is 19.0. The van der Waals surface area contributed by atoms with Crippen molar-refractivity contribution in [3.8, 4) is 11.8 Å². The molecule has 3 rings (SSSR count). The van der Waals surface area contributed by atoms with Gasteiger partial charge in [0.25, 0.3) is 5.91 Å². The molecule has 0 atom stereocenters. The van der Waals surface area contributed by atoms with Crippen LogP contribution in [0.3, 0.4) is 0 Å². The zero-order chi connectivity index (χ0) is 23.1. The summed E-state index contributed by atoms with van der Waals surface area (Å²) in [6, 6.07) is 21.8. The summed E-state index contributed by atoms with van der Waals surface area (Å²) in [7, 11) is 0. The van der Waals surface area contributed by atoms with Crippen molar-refractivity contribution in [2.75, 3.05) is 11.9 Å². The largest absolute Gasteiger partial charge is 0.494 e. The summed E-state index contributed by atoms with van der Waals surface area (Å²) < 4.78 is 5.88. The molecule has 32 heavy (non-hydrogen) atoms. The van der Waals surface area contributed by atoms with E-state index in [9.17, 15) is 10.1 Å². The molecule has 0 aliphatic heterocycles. The van der Waals surface area contributed by atoms with Crippen molar-refractivity contribution in [2.24, 2.45) is 0 Å². The summed E-state index contributed by atoms with van der Waals surface area (Å²) in [5.41, 5.74) is 7.23. The van der Waals surface area contributed by atoms with Crippen molar-refractivity contribution < 1.29 is 9.53 Å². The molecule has 0 fully saturated rings. The molecule has 4 nitrogen and oxygen atoms in total. The number of ether oxygens (including phenoxy) is 1. The molecule has 0 radical (unpaired) electrons. The quantitative estimate of drug-likeness (QED) is 0.366. The predicted octanol–water partition coefficient (Wildman–Crippen LogP) is 6.15. The van der Waals surface area contributed by atoms with Crippen LogP contribution in [-0.2, 0) is 11.2 Å². The van der Waals surface area contributed by atoms with Crippen molar-refractivity contribution in [1.82, 2.24) is 0 Å².